The SMILES string of the molecule is NCc1cc(C(=O)NCCSC(F)(F)F)co1. The predicted octanol–water partition coefficient (Wildman–Crippen LogP) is 1.72. The molecule has 1 aromatic rings. The number of amides is 1. The first kappa shape index (κ1) is 13.9. The average molecular weight is 268 g/mol. The number of hydrogen-bond donors (Lipinski definition) is 2. The molecule has 0 radical (unpaired) electrons. The van der Waals surface area contributed by atoms with Crippen molar-refractivity contribution < 1.29 is 22.4 Å². The number of nitrogens with two attached hydrogens (primary N) is 1. The number of alkyl halides is 3. The minimum atomic E-state index is -4.27. The van der Waals surface area contributed by atoms with Gasteiger partial charge in [-0.15, -0.1) is 0 Å². The molecule has 1 heterocycles. The fourth-order valence-electron chi connectivity index (χ4n) is 1.04. The normalized spacial score (nSPS) is 11.5. The Kier molecular flexibility index (Phi) is 4.88. The highest BCUT2D eigenvalue weighted by molar-refractivity contribution is 8.00. The molecule has 0 spiro atoms. The van der Waals surface area contributed by atoms with Crippen LogP contribution in [0.25, 0.3) is 0 Å². The molecule has 0 unspecified atom stereocenters. The van der Waals surface area contributed by atoms with E-state index in [9.17, 15) is 18.0 Å². The molecule has 0 bridgehead atoms. The molecule has 96 valence electrons. The van der Waals surface area contributed by atoms with E-state index < -0.39 is 11.4 Å². The van der Waals surface area contributed by atoms with Crippen LogP contribution >= 0.6 is 11.8 Å². The summed E-state index contributed by atoms with van der Waals surface area (Å²) in [5.74, 6) is -0.257. The zero-order valence-corrected chi connectivity index (χ0v) is 9.53. The third kappa shape index (κ3) is 5.14. The van der Waals surface area contributed by atoms with Gasteiger partial charge in [-0.2, -0.15) is 13.2 Å². The van der Waals surface area contributed by atoms with Crippen LogP contribution in [-0.4, -0.2) is 23.7 Å². The average Bonchev–Trinajstić information content (AvgIpc) is 2.71. The molecule has 0 aliphatic heterocycles. The van der Waals surface area contributed by atoms with Gasteiger partial charge in [-0.25, -0.2) is 0 Å². The highest BCUT2D eigenvalue weighted by Gasteiger charge is 2.27. The maximum atomic E-state index is 11.8. The number of rotatable bonds is 5. The fraction of sp³-hybridized carbons (Fsp3) is 0.444. The van der Waals surface area contributed by atoms with Crippen LogP contribution in [0.5, 0.6) is 0 Å². The lowest BCUT2D eigenvalue weighted by Gasteiger charge is -2.05. The third-order valence-corrected chi connectivity index (χ3v) is 2.51. The van der Waals surface area contributed by atoms with Crippen molar-refractivity contribution in [2.45, 2.75) is 12.1 Å². The monoisotopic (exact) mass is 268 g/mol. The molecule has 0 saturated carbocycles. The maximum Gasteiger partial charge on any atom is 0.441 e. The van der Waals surface area contributed by atoms with E-state index in [0.29, 0.717) is 5.76 Å². The van der Waals surface area contributed by atoms with Crippen molar-refractivity contribution in [2.75, 3.05) is 12.3 Å². The van der Waals surface area contributed by atoms with Crippen molar-refractivity contribution in [2.24, 2.45) is 5.73 Å². The Labute approximate surface area is 99.7 Å². The first-order chi connectivity index (χ1) is 7.92. The summed E-state index contributed by atoms with van der Waals surface area (Å²) in [4.78, 5) is 11.4. The summed E-state index contributed by atoms with van der Waals surface area (Å²) in [6, 6.07) is 1.45. The molecule has 0 aromatic carbocycles. The molecule has 0 aliphatic carbocycles. The van der Waals surface area contributed by atoms with E-state index in [1.54, 1.807) is 0 Å². The smallest absolute Gasteiger partial charge is 0.441 e. The van der Waals surface area contributed by atoms with Crippen molar-refractivity contribution >= 4 is 17.7 Å². The Morgan fingerprint density at radius 1 is 1.53 bits per heavy atom. The van der Waals surface area contributed by atoms with E-state index >= 15 is 0 Å². The van der Waals surface area contributed by atoms with Crippen molar-refractivity contribution in [1.82, 2.24) is 5.32 Å². The molecule has 1 aromatic heterocycles. The largest absolute Gasteiger partial charge is 0.467 e. The molecule has 0 fully saturated rings. The van der Waals surface area contributed by atoms with Crippen LogP contribution in [-0.2, 0) is 6.54 Å². The Morgan fingerprint density at radius 3 is 2.76 bits per heavy atom. The van der Waals surface area contributed by atoms with Gasteiger partial charge >= 0.3 is 5.51 Å². The lowest BCUT2D eigenvalue weighted by atomic mass is 10.3. The molecule has 8 heteroatoms. The van der Waals surface area contributed by atoms with Crippen molar-refractivity contribution in [1.29, 1.82) is 0 Å². The van der Waals surface area contributed by atoms with Crippen molar-refractivity contribution in [3.63, 3.8) is 0 Å². The molecule has 1 rings (SSSR count). The second-order valence-electron chi connectivity index (χ2n) is 3.06. The predicted molar refractivity (Wildman–Crippen MR) is 57.4 cm³/mol. The number of carbonyl (C=O) groups is 1. The van der Waals surface area contributed by atoms with E-state index in [4.69, 9.17) is 10.2 Å². The quantitative estimate of drug-likeness (QED) is 0.798. The van der Waals surface area contributed by atoms with Crippen LogP contribution < -0.4 is 11.1 Å². The minimum absolute atomic E-state index is 0.0633. The van der Waals surface area contributed by atoms with Crippen LogP contribution in [0.4, 0.5) is 13.2 Å². The summed E-state index contributed by atoms with van der Waals surface area (Å²) in [7, 11) is 0. The summed E-state index contributed by atoms with van der Waals surface area (Å²) in [6.45, 7) is 0.101. The second kappa shape index (κ2) is 5.97. The fourth-order valence-corrected chi connectivity index (χ4v) is 1.48. The number of furan rings is 1. The van der Waals surface area contributed by atoms with Crippen LogP contribution in [0.2, 0.25) is 0 Å². The Morgan fingerprint density at radius 2 is 2.24 bits per heavy atom. The van der Waals surface area contributed by atoms with Crippen LogP contribution in [0, 0.1) is 0 Å². The van der Waals surface area contributed by atoms with E-state index in [1.807, 2.05) is 0 Å². The number of carbonyl (C=O) groups excluding carboxylic acids is 1. The van der Waals surface area contributed by atoms with Crippen LogP contribution in [0.15, 0.2) is 16.7 Å². The van der Waals surface area contributed by atoms with Gasteiger partial charge in [-0.05, 0) is 17.8 Å². The lowest BCUT2D eigenvalue weighted by Crippen LogP contribution is -2.26. The summed E-state index contributed by atoms with van der Waals surface area (Å²) in [5, 5.41) is 2.35. The number of hydrogen-bond acceptors (Lipinski definition) is 4. The second-order valence-corrected chi connectivity index (χ2v) is 4.22. The summed E-state index contributed by atoms with van der Waals surface area (Å²) in [6.07, 6.45) is 1.22. The number of thioether (sulfide) groups is 1. The van der Waals surface area contributed by atoms with E-state index in [0.717, 1.165) is 0 Å². The Hall–Kier alpha value is -1.15. The van der Waals surface area contributed by atoms with Gasteiger partial charge in [0.1, 0.15) is 12.0 Å². The number of halogens is 3. The molecule has 0 saturated heterocycles. The van der Waals surface area contributed by atoms with Crippen LogP contribution in [0.1, 0.15) is 16.1 Å². The molecular weight excluding hydrogens is 257 g/mol. The van der Waals surface area contributed by atoms with Gasteiger partial charge in [0.15, 0.2) is 0 Å². The van der Waals surface area contributed by atoms with Gasteiger partial charge in [0.2, 0.25) is 0 Å². The lowest BCUT2D eigenvalue weighted by molar-refractivity contribution is -0.0327. The van der Waals surface area contributed by atoms with E-state index in [-0.39, 0.29) is 36.2 Å². The van der Waals surface area contributed by atoms with Gasteiger partial charge < -0.3 is 15.5 Å². The van der Waals surface area contributed by atoms with Gasteiger partial charge in [0, 0.05) is 12.3 Å². The summed E-state index contributed by atoms with van der Waals surface area (Å²) < 4.78 is 40.2. The topological polar surface area (TPSA) is 68.3 Å². The Bertz CT molecular complexity index is 379. The Balaban J connectivity index is 2.30. The van der Waals surface area contributed by atoms with Gasteiger partial charge in [0.25, 0.3) is 5.91 Å². The zero-order chi connectivity index (χ0) is 12.9. The third-order valence-electron chi connectivity index (χ3n) is 1.77. The minimum Gasteiger partial charge on any atom is -0.467 e. The molecule has 17 heavy (non-hydrogen) atoms. The number of nitrogens with one attached hydrogen (secondary N) is 1. The first-order valence-corrected chi connectivity index (χ1v) is 5.67. The molecule has 1 amide bonds. The molecule has 0 aliphatic rings. The van der Waals surface area contributed by atoms with Crippen molar-refractivity contribution in [3.05, 3.63) is 23.7 Å². The molecule has 4 nitrogen and oxygen atoms in total. The van der Waals surface area contributed by atoms with Crippen LogP contribution in [0.3, 0.4) is 0 Å². The van der Waals surface area contributed by atoms with Gasteiger partial charge in [-0.3, -0.25) is 4.79 Å². The highest BCUT2D eigenvalue weighted by atomic mass is 32.2. The van der Waals surface area contributed by atoms with E-state index in [1.165, 1.54) is 12.3 Å². The summed E-state index contributed by atoms with van der Waals surface area (Å²) >= 11 is -0.178. The van der Waals surface area contributed by atoms with Gasteiger partial charge in [-0.1, -0.05) is 0 Å². The molecular formula is C9H11F3N2O2S. The van der Waals surface area contributed by atoms with Gasteiger partial charge in [0.05, 0.1) is 12.1 Å². The van der Waals surface area contributed by atoms with Crippen molar-refractivity contribution in [3.8, 4) is 0 Å². The standard InChI is InChI=1S/C9H11F3N2O2S/c10-9(11,12)17-2-1-14-8(15)6-3-7(4-13)16-5-6/h3,5H,1-2,4,13H2,(H,14,15). The highest BCUT2D eigenvalue weighted by Crippen LogP contribution is 2.29. The molecule has 3 N–H and O–H groups in total. The van der Waals surface area contributed by atoms with E-state index in [2.05, 4.69) is 5.32 Å². The zero-order valence-electron chi connectivity index (χ0n) is 8.71. The molecule has 0 atom stereocenters. The maximum absolute atomic E-state index is 11.8. The first-order valence-electron chi connectivity index (χ1n) is 4.69. The summed E-state index contributed by atoms with van der Waals surface area (Å²) in [5.41, 5.74) is 1.26.